The van der Waals surface area contributed by atoms with E-state index in [1.165, 1.54) is 4.68 Å². The summed E-state index contributed by atoms with van der Waals surface area (Å²) in [4.78, 5) is 26.1. The molecule has 1 aliphatic heterocycles. The lowest BCUT2D eigenvalue weighted by molar-refractivity contribution is -0.149. The number of hydrogen-bond acceptors (Lipinski definition) is 5. The molecule has 0 saturated carbocycles. The van der Waals surface area contributed by atoms with Gasteiger partial charge in [-0.3, -0.25) is 14.3 Å². The fourth-order valence-corrected chi connectivity index (χ4v) is 2.19. The van der Waals surface area contributed by atoms with Crippen LogP contribution in [0.3, 0.4) is 0 Å². The Labute approximate surface area is 123 Å². The van der Waals surface area contributed by atoms with Crippen LogP contribution in [-0.4, -0.2) is 58.3 Å². The van der Waals surface area contributed by atoms with Gasteiger partial charge in [-0.15, -0.1) is 0 Å². The minimum absolute atomic E-state index is 0.0160. The Bertz CT molecular complexity index is 514. The van der Waals surface area contributed by atoms with Crippen LogP contribution in [0.5, 0.6) is 0 Å². The summed E-state index contributed by atoms with van der Waals surface area (Å²) < 4.78 is 6.79. The number of hydrogen-bond donors (Lipinski definition) is 2. The predicted octanol–water partition coefficient (Wildman–Crippen LogP) is -0.783. The first kappa shape index (κ1) is 15.3. The molecule has 0 aromatic carbocycles. The van der Waals surface area contributed by atoms with E-state index in [-0.39, 0.29) is 31.0 Å². The van der Waals surface area contributed by atoms with Crippen LogP contribution in [0.2, 0.25) is 0 Å². The predicted molar refractivity (Wildman–Crippen MR) is 76.2 cm³/mol. The third-order valence-corrected chi connectivity index (χ3v) is 3.14. The van der Waals surface area contributed by atoms with Crippen molar-refractivity contribution in [3.05, 3.63) is 12.3 Å². The highest BCUT2D eigenvalue weighted by Gasteiger charge is 2.33. The largest absolute Gasteiger partial charge is 0.382 e. The molecule has 0 spiro atoms. The van der Waals surface area contributed by atoms with Gasteiger partial charge >= 0.3 is 0 Å². The molecule has 1 fully saturated rings. The molecule has 1 aliphatic rings. The number of anilines is 1. The van der Waals surface area contributed by atoms with Crippen LogP contribution in [-0.2, 0) is 20.9 Å². The molecule has 1 atom stereocenters. The molecule has 8 nitrogen and oxygen atoms in total. The Kier molecular flexibility index (Phi) is 4.79. The second-order valence-corrected chi connectivity index (χ2v) is 5.28. The lowest BCUT2D eigenvalue weighted by Crippen LogP contribution is -2.57. The highest BCUT2D eigenvalue weighted by atomic mass is 16.5. The lowest BCUT2D eigenvalue weighted by Gasteiger charge is -2.35. The van der Waals surface area contributed by atoms with Crippen molar-refractivity contribution < 1.29 is 14.3 Å². The fourth-order valence-electron chi connectivity index (χ4n) is 2.19. The zero-order valence-corrected chi connectivity index (χ0v) is 12.3. The lowest BCUT2D eigenvalue weighted by atomic mass is 10.2. The van der Waals surface area contributed by atoms with Crippen molar-refractivity contribution in [2.24, 2.45) is 0 Å². The van der Waals surface area contributed by atoms with Crippen molar-refractivity contribution in [1.82, 2.24) is 20.0 Å². The van der Waals surface area contributed by atoms with Crippen LogP contribution in [0.4, 0.5) is 5.82 Å². The number of nitrogens with two attached hydrogens (primary N) is 1. The van der Waals surface area contributed by atoms with Gasteiger partial charge < -0.3 is 20.7 Å². The molecule has 0 aliphatic carbocycles. The number of amides is 2. The van der Waals surface area contributed by atoms with E-state index in [0.717, 1.165) is 0 Å². The van der Waals surface area contributed by atoms with E-state index in [1.807, 2.05) is 13.8 Å². The van der Waals surface area contributed by atoms with Crippen LogP contribution in [0, 0.1) is 0 Å². The van der Waals surface area contributed by atoms with Crippen LogP contribution < -0.4 is 11.1 Å². The SMILES string of the molecule is CC(C)NC(=O)C1COCCN1C(=O)Cn1ccc(N)n1. The minimum Gasteiger partial charge on any atom is -0.382 e. The Morgan fingerprint density at radius 3 is 2.95 bits per heavy atom. The van der Waals surface area contributed by atoms with Crippen molar-refractivity contribution in [3.8, 4) is 0 Å². The quantitative estimate of drug-likeness (QED) is 0.758. The Balaban J connectivity index is 2.03. The van der Waals surface area contributed by atoms with Crippen molar-refractivity contribution in [3.63, 3.8) is 0 Å². The molecular weight excluding hydrogens is 274 g/mol. The summed E-state index contributed by atoms with van der Waals surface area (Å²) >= 11 is 0. The van der Waals surface area contributed by atoms with Gasteiger partial charge in [0.15, 0.2) is 0 Å². The van der Waals surface area contributed by atoms with Crippen molar-refractivity contribution in [1.29, 1.82) is 0 Å². The molecule has 2 amide bonds. The molecule has 21 heavy (non-hydrogen) atoms. The summed E-state index contributed by atoms with van der Waals surface area (Å²) in [5.74, 6) is -0.0118. The summed E-state index contributed by atoms with van der Waals surface area (Å²) in [6.45, 7) is 4.85. The average Bonchev–Trinajstić information content (AvgIpc) is 2.83. The molecule has 8 heteroatoms. The van der Waals surface area contributed by atoms with Gasteiger partial charge in [0, 0.05) is 18.8 Å². The highest BCUT2D eigenvalue weighted by Crippen LogP contribution is 2.09. The van der Waals surface area contributed by atoms with Gasteiger partial charge in [0.05, 0.1) is 13.2 Å². The van der Waals surface area contributed by atoms with Gasteiger partial charge in [0.2, 0.25) is 11.8 Å². The second kappa shape index (κ2) is 6.57. The summed E-state index contributed by atoms with van der Waals surface area (Å²) in [6.07, 6.45) is 1.64. The molecule has 1 saturated heterocycles. The van der Waals surface area contributed by atoms with E-state index in [4.69, 9.17) is 10.5 Å². The number of nitrogens with zero attached hydrogens (tertiary/aromatic N) is 3. The van der Waals surface area contributed by atoms with E-state index in [1.54, 1.807) is 17.2 Å². The van der Waals surface area contributed by atoms with Crippen LogP contribution in [0.25, 0.3) is 0 Å². The maximum atomic E-state index is 12.4. The number of morpholine rings is 1. The monoisotopic (exact) mass is 295 g/mol. The van der Waals surface area contributed by atoms with Gasteiger partial charge in [-0.25, -0.2) is 0 Å². The minimum atomic E-state index is -0.596. The number of aromatic nitrogens is 2. The Morgan fingerprint density at radius 1 is 1.57 bits per heavy atom. The molecule has 3 N–H and O–H groups in total. The molecule has 116 valence electrons. The molecule has 1 aromatic rings. The zero-order valence-electron chi connectivity index (χ0n) is 12.3. The normalized spacial score (nSPS) is 18.8. The van der Waals surface area contributed by atoms with Crippen molar-refractivity contribution >= 4 is 17.6 Å². The van der Waals surface area contributed by atoms with Gasteiger partial charge in [-0.2, -0.15) is 5.10 Å². The fraction of sp³-hybridized carbons (Fsp3) is 0.615. The molecule has 1 unspecified atom stereocenters. The van der Waals surface area contributed by atoms with Crippen LogP contribution >= 0.6 is 0 Å². The Morgan fingerprint density at radius 2 is 2.33 bits per heavy atom. The molecule has 0 bridgehead atoms. The number of rotatable bonds is 4. The van der Waals surface area contributed by atoms with Gasteiger partial charge in [-0.1, -0.05) is 0 Å². The topological polar surface area (TPSA) is 102 Å². The standard InChI is InChI=1S/C13H21N5O3/c1-9(2)15-13(20)10-8-21-6-5-18(10)12(19)7-17-4-3-11(14)16-17/h3-4,9-10H,5-8H2,1-2H3,(H2,14,16)(H,15,20). The van der Waals surface area contributed by atoms with Crippen LogP contribution in [0.1, 0.15) is 13.8 Å². The molecule has 1 aromatic heterocycles. The average molecular weight is 295 g/mol. The third-order valence-electron chi connectivity index (χ3n) is 3.14. The smallest absolute Gasteiger partial charge is 0.245 e. The first-order valence-electron chi connectivity index (χ1n) is 6.94. The van der Waals surface area contributed by atoms with E-state index in [9.17, 15) is 9.59 Å². The first-order valence-corrected chi connectivity index (χ1v) is 6.94. The molecule has 2 heterocycles. The van der Waals surface area contributed by atoms with E-state index in [0.29, 0.717) is 19.0 Å². The van der Waals surface area contributed by atoms with Crippen molar-refractivity contribution in [2.45, 2.75) is 32.5 Å². The van der Waals surface area contributed by atoms with Gasteiger partial charge in [0.1, 0.15) is 18.4 Å². The number of nitrogens with one attached hydrogen (secondary N) is 1. The summed E-state index contributed by atoms with van der Waals surface area (Å²) in [5, 5.41) is 6.79. The molecule has 2 rings (SSSR count). The maximum Gasteiger partial charge on any atom is 0.245 e. The number of carbonyl (C=O) groups is 2. The van der Waals surface area contributed by atoms with Crippen LogP contribution in [0.15, 0.2) is 12.3 Å². The van der Waals surface area contributed by atoms with Gasteiger partial charge in [0.25, 0.3) is 0 Å². The molecule has 0 radical (unpaired) electrons. The zero-order chi connectivity index (χ0) is 15.4. The number of nitrogen functional groups attached to an aromatic ring is 1. The highest BCUT2D eigenvalue weighted by molar-refractivity contribution is 5.88. The third kappa shape index (κ3) is 3.94. The molecular formula is C13H21N5O3. The first-order chi connectivity index (χ1) is 9.97. The maximum absolute atomic E-state index is 12.4. The number of ether oxygens (including phenoxy) is 1. The van der Waals surface area contributed by atoms with Gasteiger partial charge in [-0.05, 0) is 19.9 Å². The summed E-state index contributed by atoms with van der Waals surface area (Å²) in [7, 11) is 0. The second-order valence-electron chi connectivity index (χ2n) is 5.28. The van der Waals surface area contributed by atoms with E-state index >= 15 is 0 Å². The Hall–Kier alpha value is -2.09. The van der Waals surface area contributed by atoms with E-state index < -0.39 is 6.04 Å². The summed E-state index contributed by atoms with van der Waals surface area (Å²) in [5.41, 5.74) is 5.52. The summed E-state index contributed by atoms with van der Waals surface area (Å²) in [6, 6.07) is 1.04. The number of carbonyl (C=O) groups excluding carboxylic acids is 2. The van der Waals surface area contributed by atoms with E-state index in [2.05, 4.69) is 10.4 Å². The van der Waals surface area contributed by atoms with Crippen molar-refractivity contribution in [2.75, 3.05) is 25.5 Å².